The van der Waals surface area contributed by atoms with Gasteiger partial charge in [0.05, 0.1) is 25.2 Å². The Balaban J connectivity index is 1.60. The van der Waals surface area contributed by atoms with Crippen LogP contribution in [-0.4, -0.2) is 43.7 Å². The number of benzene rings is 2. The first-order valence-corrected chi connectivity index (χ1v) is 9.93. The van der Waals surface area contributed by atoms with Gasteiger partial charge in [-0.05, 0) is 17.2 Å². The molecule has 2 heterocycles. The maximum absolute atomic E-state index is 13.5. The summed E-state index contributed by atoms with van der Waals surface area (Å²) in [5.74, 6) is 0.378. The van der Waals surface area contributed by atoms with Crippen molar-refractivity contribution in [2.75, 3.05) is 32.8 Å². The number of hydrogen-bond acceptors (Lipinski definition) is 3. The lowest BCUT2D eigenvalue weighted by Gasteiger charge is -2.38. The largest absolute Gasteiger partial charge is 0.377 e. The summed E-state index contributed by atoms with van der Waals surface area (Å²) < 4.78 is 6.77. The van der Waals surface area contributed by atoms with Crippen LogP contribution in [0.1, 0.15) is 23.1 Å². The van der Waals surface area contributed by atoms with Crippen LogP contribution in [0.2, 0.25) is 0 Å². The monoisotopic (exact) mass is 414 g/mol. The molecule has 26 heavy (non-hydrogen) atoms. The number of nitrogens with one attached hydrogen (secondary N) is 1. The van der Waals surface area contributed by atoms with E-state index in [1.165, 1.54) is 5.56 Å². The molecule has 2 saturated heterocycles. The van der Waals surface area contributed by atoms with E-state index in [-0.39, 0.29) is 23.8 Å². The van der Waals surface area contributed by atoms with Gasteiger partial charge in [-0.3, -0.25) is 4.79 Å². The number of halogens is 1. The Labute approximate surface area is 162 Å². The summed E-state index contributed by atoms with van der Waals surface area (Å²) in [5, 5.41) is 3.42. The minimum Gasteiger partial charge on any atom is -0.377 e. The van der Waals surface area contributed by atoms with Gasteiger partial charge in [0.25, 0.3) is 0 Å². The first kappa shape index (κ1) is 17.7. The summed E-state index contributed by atoms with van der Waals surface area (Å²) in [7, 11) is 0. The molecule has 2 aliphatic heterocycles. The summed E-state index contributed by atoms with van der Waals surface area (Å²) in [6.07, 6.45) is 0. The molecule has 1 amide bonds. The summed E-state index contributed by atoms with van der Waals surface area (Å²) in [6.45, 7) is 3.38. The van der Waals surface area contributed by atoms with Crippen molar-refractivity contribution in [1.82, 2.24) is 10.2 Å². The third-order valence-corrected chi connectivity index (χ3v) is 6.15. The molecule has 4 rings (SSSR count). The Morgan fingerprint density at radius 1 is 1.08 bits per heavy atom. The fourth-order valence-electron chi connectivity index (χ4n) is 4.07. The van der Waals surface area contributed by atoms with Crippen molar-refractivity contribution in [2.24, 2.45) is 5.92 Å². The second-order valence-electron chi connectivity index (χ2n) is 6.93. The first-order chi connectivity index (χ1) is 12.8. The fourth-order valence-corrected chi connectivity index (χ4v) is 4.65. The van der Waals surface area contributed by atoms with E-state index in [4.69, 9.17) is 4.74 Å². The fraction of sp³-hybridized carbons (Fsp3) is 0.381. The first-order valence-electron chi connectivity index (χ1n) is 9.14. The lowest BCUT2D eigenvalue weighted by Crippen LogP contribution is -2.47. The summed E-state index contributed by atoms with van der Waals surface area (Å²) in [5.41, 5.74) is 2.35. The van der Waals surface area contributed by atoms with Crippen LogP contribution in [-0.2, 0) is 9.53 Å². The Morgan fingerprint density at radius 2 is 1.85 bits per heavy atom. The van der Waals surface area contributed by atoms with Gasteiger partial charge in [0.1, 0.15) is 0 Å². The highest BCUT2D eigenvalue weighted by atomic mass is 79.9. The predicted molar refractivity (Wildman–Crippen MR) is 105 cm³/mol. The Morgan fingerprint density at radius 3 is 2.65 bits per heavy atom. The molecule has 4 nitrogen and oxygen atoms in total. The molecule has 136 valence electrons. The van der Waals surface area contributed by atoms with Gasteiger partial charge in [-0.15, -0.1) is 0 Å². The van der Waals surface area contributed by atoms with Crippen LogP contribution >= 0.6 is 15.9 Å². The van der Waals surface area contributed by atoms with E-state index < -0.39 is 0 Å². The molecule has 2 aliphatic rings. The van der Waals surface area contributed by atoms with Gasteiger partial charge < -0.3 is 15.0 Å². The Kier molecular flexibility index (Phi) is 5.38. The molecule has 5 heteroatoms. The number of carbonyl (C=O) groups excluding carboxylic acids is 1. The van der Waals surface area contributed by atoms with Crippen molar-refractivity contribution in [3.05, 3.63) is 70.2 Å². The summed E-state index contributed by atoms with van der Waals surface area (Å²) in [4.78, 5) is 15.5. The topological polar surface area (TPSA) is 41.6 Å². The third kappa shape index (κ3) is 3.43. The molecule has 0 aromatic heterocycles. The van der Waals surface area contributed by atoms with E-state index >= 15 is 0 Å². The zero-order valence-electron chi connectivity index (χ0n) is 14.6. The molecule has 0 radical (unpaired) electrons. The normalized spacial score (nSPS) is 26.0. The molecule has 2 aromatic carbocycles. The smallest absolute Gasteiger partial charge is 0.228 e. The van der Waals surface area contributed by atoms with Crippen molar-refractivity contribution in [1.29, 1.82) is 0 Å². The molecular formula is C21H23BrN2O2. The average molecular weight is 415 g/mol. The molecule has 1 N–H and O–H groups in total. The molecule has 1 unspecified atom stereocenters. The van der Waals surface area contributed by atoms with E-state index in [9.17, 15) is 4.79 Å². The highest BCUT2D eigenvalue weighted by molar-refractivity contribution is 9.10. The van der Waals surface area contributed by atoms with Crippen molar-refractivity contribution >= 4 is 21.8 Å². The molecule has 2 fully saturated rings. The molecule has 0 bridgehead atoms. The van der Waals surface area contributed by atoms with Gasteiger partial charge >= 0.3 is 0 Å². The van der Waals surface area contributed by atoms with Crippen LogP contribution in [0, 0.1) is 5.92 Å². The molecular weight excluding hydrogens is 392 g/mol. The standard InChI is InChI=1S/C21H23BrN2O2/c22-19-9-5-4-8-16(19)17-12-23-13-18(17)21(25)24-10-11-26-14-20(24)15-6-2-1-3-7-15/h1-9,17-18,20,23H,10-14H2/t17-,18+,20?/m0/s1. The van der Waals surface area contributed by atoms with Crippen LogP contribution in [0.3, 0.4) is 0 Å². The van der Waals surface area contributed by atoms with E-state index in [0.29, 0.717) is 19.8 Å². The van der Waals surface area contributed by atoms with Crippen molar-refractivity contribution in [3.63, 3.8) is 0 Å². The number of carbonyl (C=O) groups is 1. The van der Waals surface area contributed by atoms with Crippen LogP contribution < -0.4 is 5.32 Å². The highest BCUT2D eigenvalue weighted by Gasteiger charge is 2.40. The molecule has 0 spiro atoms. The van der Waals surface area contributed by atoms with E-state index in [0.717, 1.165) is 23.1 Å². The van der Waals surface area contributed by atoms with Crippen LogP contribution in [0.15, 0.2) is 59.1 Å². The Bertz CT molecular complexity index is 768. The van der Waals surface area contributed by atoms with Crippen LogP contribution in [0.4, 0.5) is 0 Å². The minimum absolute atomic E-state index is 0.00193. The van der Waals surface area contributed by atoms with E-state index in [1.807, 2.05) is 35.2 Å². The molecule has 0 saturated carbocycles. The molecule has 2 aromatic rings. The van der Waals surface area contributed by atoms with Gasteiger partial charge in [-0.1, -0.05) is 64.5 Å². The molecule has 0 aliphatic carbocycles. The zero-order chi connectivity index (χ0) is 17.9. The maximum atomic E-state index is 13.5. The number of nitrogens with zero attached hydrogens (tertiary/aromatic N) is 1. The second-order valence-corrected chi connectivity index (χ2v) is 7.78. The van der Waals surface area contributed by atoms with Crippen LogP contribution in [0.5, 0.6) is 0 Å². The summed E-state index contributed by atoms with van der Waals surface area (Å²) >= 11 is 3.65. The lowest BCUT2D eigenvalue weighted by atomic mass is 9.87. The third-order valence-electron chi connectivity index (χ3n) is 5.43. The highest BCUT2D eigenvalue weighted by Crippen LogP contribution is 2.36. The predicted octanol–water partition coefficient (Wildman–Crippen LogP) is 3.35. The van der Waals surface area contributed by atoms with Crippen molar-refractivity contribution < 1.29 is 9.53 Å². The van der Waals surface area contributed by atoms with Gasteiger partial charge in [0, 0.05) is 30.0 Å². The SMILES string of the molecule is O=C([C@@H]1CNC[C@H]1c1ccccc1Br)N1CCOCC1c1ccccc1. The van der Waals surface area contributed by atoms with Crippen molar-refractivity contribution in [2.45, 2.75) is 12.0 Å². The molecule has 3 atom stereocenters. The van der Waals surface area contributed by atoms with Gasteiger partial charge in [-0.2, -0.15) is 0 Å². The quantitative estimate of drug-likeness (QED) is 0.836. The number of morpholine rings is 1. The van der Waals surface area contributed by atoms with Gasteiger partial charge in [0.2, 0.25) is 5.91 Å². The lowest BCUT2D eigenvalue weighted by molar-refractivity contribution is -0.144. The van der Waals surface area contributed by atoms with E-state index in [1.54, 1.807) is 0 Å². The second kappa shape index (κ2) is 7.91. The van der Waals surface area contributed by atoms with E-state index in [2.05, 4.69) is 45.5 Å². The van der Waals surface area contributed by atoms with Crippen molar-refractivity contribution in [3.8, 4) is 0 Å². The number of rotatable bonds is 3. The number of ether oxygens (including phenoxy) is 1. The maximum Gasteiger partial charge on any atom is 0.228 e. The van der Waals surface area contributed by atoms with Crippen LogP contribution in [0.25, 0.3) is 0 Å². The minimum atomic E-state index is -0.0435. The Hall–Kier alpha value is -1.69. The van der Waals surface area contributed by atoms with Gasteiger partial charge in [-0.25, -0.2) is 0 Å². The number of amides is 1. The zero-order valence-corrected chi connectivity index (χ0v) is 16.2. The number of hydrogen-bond donors (Lipinski definition) is 1. The van der Waals surface area contributed by atoms with Gasteiger partial charge in [0.15, 0.2) is 0 Å². The average Bonchev–Trinajstić information content (AvgIpc) is 3.18. The summed E-state index contributed by atoms with van der Waals surface area (Å²) in [6, 6.07) is 18.4.